The third-order valence-electron chi connectivity index (χ3n) is 2.46. The first-order valence-corrected chi connectivity index (χ1v) is 4.03. The quantitative estimate of drug-likeness (QED) is 0.525. The maximum absolute atomic E-state index is 3.42. The Kier molecular flexibility index (Phi) is 2.20. The lowest BCUT2D eigenvalue weighted by Gasteiger charge is -2.37. The summed E-state index contributed by atoms with van der Waals surface area (Å²) in [5.41, 5.74) is 4.70. The van der Waals surface area contributed by atoms with Gasteiger partial charge < -0.3 is 5.32 Å². The summed E-state index contributed by atoms with van der Waals surface area (Å²) in [6, 6.07) is 0.534. The highest BCUT2D eigenvalue weighted by Crippen LogP contribution is 2.10. The van der Waals surface area contributed by atoms with Gasteiger partial charge >= 0.3 is 0 Å². The standard InChI is InChI=1S/C8H18N3/c1-7-5-8(9-2)6-10-11(7,3)4/h5,7,9-10H,6H2,1-4H3/q+1. The Morgan fingerprint density at radius 1 is 1.64 bits per heavy atom. The molecule has 0 aromatic rings. The van der Waals surface area contributed by atoms with Crippen LogP contribution in [0.25, 0.3) is 0 Å². The van der Waals surface area contributed by atoms with Crippen LogP contribution in [0.4, 0.5) is 0 Å². The van der Waals surface area contributed by atoms with Gasteiger partial charge in [-0.05, 0) is 13.0 Å². The molecule has 0 aromatic heterocycles. The van der Waals surface area contributed by atoms with Crippen molar-refractivity contribution >= 4 is 0 Å². The molecular weight excluding hydrogens is 138 g/mol. The van der Waals surface area contributed by atoms with Crippen LogP contribution >= 0.6 is 0 Å². The lowest BCUT2D eigenvalue weighted by atomic mass is 10.2. The predicted molar refractivity (Wildman–Crippen MR) is 46.7 cm³/mol. The predicted octanol–water partition coefficient (Wildman–Crippen LogP) is 0.0728. The minimum atomic E-state index is 0.534. The monoisotopic (exact) mass is 156 g/mol. The van der Waals surface area contributed by atoms with E-state index in [9.17, 15) is 0 Å². The van der Waals surface area contributed by atoms with Gasteiger partial charge in [0.15, 0.2) is 0 Å². The molecule has 2 N–H and O–H groups in total. The number of nitrogens with zero attached hydrogens (tertiary/aromatic N) is 1. The Morgan fingerprint density at radius 2 is 2.27 bits per heavy atom. The molecule has 3 nitrogen and oxygen atoms in total. The molecule has 1 rings (SSSR count). The first-order chi connectivity index (χ1) is 5.06. The van der Waals surface area contributed by atoms with Crippen molar-refractivity contribution in [3.05, 3.63) is 11.8 Å². The van der Waals surface area contributed by atoms with Gasteiger partial charge in [0.1, 0.15) is 6.04 Å². The fourth-order valence-corrected chi connectivity index (χ4v) is 1.14. The maximum Gasteiger partial charge on any atom is 0.124 e. The Bertz CT molecular complexity index is 172. The van der Waals surface area contributed by atoms with E-state index in [0.29, 0.717) is 6.04 Å². The highest BCUT2D eigenvalue weighted by atomic mass is 15.6. The van der Waals surface area contributed by atoms with Crippen LogP contribution in [0, 0.1) is 0 Å². The van der Waals surface area contributed by atoms with Gasteiger partial charge in [-0.25, -0.2) is 4.59 Å². The summed E-state index contributed by atoms with van der Waals surface area (Å²) in [6.07, 6.45) is 2.27. The van der Waals surface area contributed by atoms with Gasteiger partial charge in [-0.15, -0.1) is 0 Å². The Morgan fingerprint density at radius 3 is 2.73 bits per heavy atom. The van der Waals surface area contributed by atoms with E-state index in [0.717, 1.165) is 11.1 Å². The lowest BCUT2D eigenvalue weighted by Crippen LogP contribution is -2.60. The molecule has 0 radical (unpaired) electrons. The number of hydrogen-bond donors (Lipinski definition) is 2. The van der Waals surface area contributed by atoms with Gasteiger partial charge in [0.25, 0.3) is 0 Å². The fraction of sp³-hybridized carbons (Fsp3) is 0.750. The molecule has 1 atom stereocenters. The van der Waals surface area contributed by atoms with Crippen LogP contribution < -0.4 is 10.7 Å². The Labute approximate surface area is 68.6 Å². The summed E-state index contributed by atoms with van der Waals surface area (Å²) in [5, 5.41) is 3.16. The zero-order chi connectivity index (χ0) is 8.48. The summed E-state index contributed by atoms with van der Waals surface area (Å²) in [5.74, 6) is 0. The van der Waals surface area contributed by atoms with Gasteiger partial charge in [-0.3, -0.25) is 0 Å². The number of rotatable bonds is 1. The molecule has 64 valence electrons. The van der Waals surface area contributed by atoms with Crippen LogP contribution in [0.1, 0.15) is 6.92 Å². The molecule has 11 heavy (non-hydrogen) atoms. The van der Waals surface area contributed by atoms with E-state index in [4.69, 9.17) is 0 Å². The second kappa shape index (κ2) is 2.83. The molecule has 3 heteroatoms. The zero-order valence-corrected chi connectivity index (χ0v) is 7.81. The van der Waals surface area contributed by atoms with Crippen molar-refractivity contribution < 1.29 is 4.59 Å². The Balaban J connectivity index is 2.70. The minimum Gasteiger partial charge on any atom is -0.390 e. The normalized spacial score (nSPS) is 29.5. The van der Waals surface area contributed by atoms with Crippen molar-refractivity contribution in [2.75, 3.05) is 27.7 Å². The third-order valence-corrected chi connectivity index (χ3v) is 2.46. The smallest absolute Gasteiger partial charge is 0.124 e. The van der Waals surface area contributed by atoms with E-state index in [1.807, 2.05) is 7.05 Å². The summed E-state index contributed by atoms with van der Waals surface area (Å²) in [4.78, 5) is 0. The number of likely N-dealkylation sites (N-methyl/N-ethyl adjacent to an activating group) is 2. The number of nitrogens with one attached hydrogen (secondary N) is 2. The molecule has 0 saturated carbocycles. The molecule has 0 aromatic carbocycles. The van der Waals surface area contributed by atoms with Gasteiger partial charge in [0, 0.05) is 12.7 Å². The average Bonchev–Trinajstić information content (AvgIpc) is 1.95. The van der Waals surface area contributed by atoms with Crippen LogP contribution in [0.2, 0.25) is 0 Å². The van der Waals surface area contributed by atoms with Crippen LogP contribution in [-0.4, -0.2) is 38.3 Å². The summed E-state index contributed by atoms with van der Waals surface area (Å²) < 4.78 is 0.866. The van der Waals surface area contributed by atoms with Crippen molar-refractivity contribution in [3.63, 3.8) is 0 Å². The molecule has 0 amide bonds. The SMILES string of the molecule is CNC1=CC(C)[N+](C)(C)NC1. The third kappa shape index (κ3) is 1.73. The second-order valence-electron chi connectivity index (χ2n) is 3.56. The summed E-state index contributed by atoms with van der Waals surface area (Å²) >= 11 is 0. The van der Waals surface area contributed by atoms with Crippen molar-refractivity contribution in [1.29, 1.82) is 0 Å². The lowest BCUT2D eigenvalue weighted by molar-refractivity contribution is -0.950. The van der Waals surface area contributed by atoms with E-state index in [2.05, 4.69) is 37.8 Å². The molecule has 0 spiro atoms. The van der Waals surface area contributed by atoms with Crippen LogP contribution in [0.3, 0.4) is 0 Å². The maximum atomic E-state index is 3.42. The van der Waals surface area contributed by atoms with E-state index >= 15 is 0 Å². The van der Waals surface area contributed by atoms with Crippen LogP contribution in [-0.2, 0) is 0 Å². The van der Waals surface area contributed by atoms with Crippen LogP contribution in [0.15, 0.2) is 11.8 Å². The average molecular weight is 156 g/mol. The van der Waals surface area contributed by atoms with Crippen molar-refractivity contribution in [2.45, 2.75) is 13.0 Å². The van der Waals surface area contributed by atoms with Gasteiger partial charge in [-0.1, -0.05) is 0 Å². The number of quaternary nitrogens is 1. The first kappa shape index (κ1) is 8.56. The van der Waals surface area contributed by atoms with Crippen LogP contribution in [0.5, 0.6) is 0 Å². The van der Waals surface area contributed by atoms with E-state index < -0.39 is 0 Å². The number of hydrogen-bond acceptors (Lipinski definition) is 2. The second-order valence-corrected chi connectivity index (χ2v) is 3.56. The molecule has 1 heterocycles. The molecule has 1 aliphatic rings. The molecule has 0 aliphatic carbocycles. The van der Waals surface area contributed by atoms with Gasteiger partial charge in [0.2, 0.25) is 0 Å². The fourth-order valence-electron chi connectivity index (χ4n) is 1.14. The van der Waals surface area contributed by atoms with Gasteiger partial charge in [0.05, 0.1) is 20.6 Å². The van der Waals surface area contributed by atoms with E-state index in [1.54, 1.807) is 0 Å². The highest BCUT2D eigenvalue weighted by molar-refractivity contribution is 5.05. The minimum absolute atomic E-state index is 0.534. The summed E-state index contributed by atoms with van der Waals surface area (Å²) in [7, 11) is 6.31. The Hall–Kier alpha value is -0.540. The largest absolute Gasteiger partial charge is 0.390 e. The molecule has 0 fully saturated rings. The van der Waals surface area contributed by atoms with Crippen molar-refractivity contribution in [3.8, 4) is 0 Å². The van der Waals surface area contributed by atoms with E-state index in [-0.39, 0.29) is 0 Å². The topological polar surface area (TPSA) is 24.1 Å². The molecule has 0 bridgehead atoms. The molecule has 1 unspecified atom stereocenters. The summed E-state index contributed by atoms with van der Waals surface area (Å²) in [6.45, 7) is 3.15. The van der Waals surface area contributed by atoms with Crippen molar-refractivity contribution in [1.82, 2.24) is 10.7 Å². The molecule has 1 aliphatic heterocycles. The van der Waals surface area contributed by atoms with Crippen molar-refractivity contribution in [2.24, 2.45) is 0 Å². The highest BCUT2D eigenvalue weighted by Gasteiger charge is 2.26. The molecule has 0 saturated heterocycles. The zero-order valence-electron chi connectivity index (χ0n) is 7.81. The van der Waals surface area contributed by atoms with E-state index in [1.165, 1.54) is 5.70 Å². The van der Waals surface area contributed by atoms with Gasteiger partial charge in [-0.2, -0.15) is 5.43 Å². The first-order valence-electron chi connectivity index (χ1n) is 4.03. The molecular formula is C8H18N3+.